The molecule has 0 atom stereocenters. The van der Waals surface area contributed by atoms with E-state index in [2.05, 4.69) is 0 Å². The van der Waals surface area contributed by atoms with Gasteiger partial charge in [0.1, 0.15) is 5.75 Å². The van der Waals surface area contributed by atoms with E-state index in [9.17, 15) is 9.90 Å². The minimum Gasteiger partial charge on any atom is -0.545 e. The van der Waals surface area contributed by atoms with Crippen molar-refractivity contribution in [3.8, 4) is 5.75 Å². The predicted molar refractivity (Wildman–Crippen MR) is 62.8 cm³/mol. The molecule has 1 aromatic carbocycles. The highest BCUT2D eigenvalue weighted by Crippen LogP contribution is 2.27. The topological polar surface area (TPSA) is 49.4 Å². The third-order valence-electron chi connectivity index (χ3n) is 1.43. The SMILES string of the molecule is COc1c(I)cc(I)cc1C(=O)[O-]. The summed E-state index contributed by atoms with van der Waals surface area (Å²) in [4.78, 5) is 10.7. The molecule has 0 heterocycles. The first kappa shape index (κ1) is 11.0. The molecule has 13 heavy (non-hydrogen) atoms. The first-order valence-corrected chi connectivity index (χ1v) is 5.46. The number of halogens is 2. The van der Waals surface area contributed by atoms with Crippen LogP contribution in [0.1, 0.15) is 10.4 Å². The Morgan fingerprint density at radius 3 is 2.54 bits per heavy atom. The van der Waals surface area contributed by atoms with Gasteiger partial charge in [0.05, 0.1) is 16.6 Å². The Hall–Kier alpha value is -0.0500. The number of carbonyl (C=O) groups excluding carboxylic acids is 1. The quantitative estimate of drug-likeness (QED) is 0.700. The van der Waals surface area contributed by atoms with E-state index in [1.165, 1.54) is 13.2 Å². The number of carbonyl (C=O) groups is 1. The predicted octanol–water partition coefficient (Wildman–Crippen LogP) is 1.27. The van der Waals surface area contributed by atoms with Crippen molar-refractivity contribution < 1.29 is 14.6 Å². The van der Waals surface area contributed by atoms with Crippen LogP contribution in [0.5, 0.6) is 5.75 Å². The molecule has 0 saturated heterocycles. The molecule has 0 fully saturated rings. The van der Waals surface area contributed by atoms with E-state index in [1.54, 1.807) is 0 Å². The van der Waals surface area contributed by atoms with Gasteiger partial charge in [-0.05, 0) is 57.3 Å². The average Bonchev–Trinajstić information content (AvgIpc) is 2.02. The Kier molecular flexibility index (Phi) is 3.77. The molecule has 3 nitrogen and oxygen atoms in total. The van der Waals surface area contributed by atoms with Crippen LogP contribution in [0.4, 0.5) is 0 Å². The minimum absolute atomic E-state index is 0.0961. The summed E-state index contributed by atoms with van der Waals surface area (Å²) in [6, 6.07) is 3.36. The highest BCUT2D eigenvalue weighted by atomic mass is 127. The molecule has 0 unspecified atom stereocenters. The first-order chi connectivity index (χ1) is 6.06. The summed E-state index contributed by atoms with van der Waals surface area (Å²) in [5, 5.41) is 10.7. The molecule has 0 saturated carbocycles. The summed E-state index contributed by atoms with van der Waals surface area (Å²) in [5.74, 6) is -0.853. The minimum atomic E-state index is -1.21. The lowest BCUT2D eigenvalue weighted by Gasteiger charge is -2.11. The van der Waals surface area contributed by atoms with Gasteiger partial charge in [0.2, 0.25) is 0 Å². The Balaban J connectivity index is 3.38. The van der Waals surface area contributed by atoms with Crippen molar-refractivity contribution in [1.29, 1.82) is 0 Å². The number of ether oxygens (including phenoxy) is 1. The molecule has 0 amide bonds. The number of methoxy groups -OCH3 is 1. The fourth-order valence-electron chi connectivity index (χ4n) is 0.919. The van der Waals surface area contributed by atoms with E-state index in [1.807, 2.05) is 51.2 Å². The fourth-order valence-corrected chi connectivity index (χ4v) is 2.98. The average molecular weight is 403 g/mol. The van der Waals surface area contributed by atoms with Crippen LogP contribution in [0.25, 0.3) is 0 Å². The van der Waals surface area contributed by atoms with Crippen molar-refractivity contribution in [2.45, 2.75) is 0 Å². The molecular weight excluding hydrogens is 398 g/mol. The van der Waals surface area contributed by atoms with Crippen LogP contribution >= 0.6 is 45.2 Å². The molecular formula is C8H5I2O3-. The Morgan fingerprint density at radius 1 is 1.46 bits per heavy atom. The van der Waals surface area contributed by atoms with Gasteiger partial charge in [0, 0.05) is 9.13 Å². The summed E-state index contributed by atoms with van der Waals surface area (Å²) in [7, 11) is 1.44. The van der Waals surface area contributed by atoms with Crippen LogP contribution in [0.2, 0.25) is 0 Å². The normalized spacial score (nSPS) is 9.77. The highest BCUT2D eigenvalue weighted by Gasteiger charge is 2.09. The van der Waals surface area contributed by atoms with Gasteiger partial charge in [0.25, 0.3) is 0 Å². The third kappa shape index (κ3) is 2.46. The monoisotopic (exact) mass is 403 g/mol. The molecule has 0 aliphatic rings. The lowest BCUT2D eigenvalue weighted by molar-refractivity contribution is -0.255. The van der Waals surface area contributed by atoms with Crippen LogP contribution in [-0.4, -0.2) is 13.1 Å². The molecule has 1 aromatic rings. The van der Waals surface area contributed by atoms with Gasteiger partial charge in [-0.2, -0.15) is 0 Å². The molecule has 0 aromatic heterocycles. The second-order valence-corrected chi connectivity index (χ2v) is 4.66. The van der Waals surface area contributed by atoms with Gasteiger partial charge in [-0.1, -0.05) is 0 Å². The maximum Gasteiger partial charge on any atom is 0.141 e. The van der Waals surface area contributed by atoms with Gasteiger partial charge in [-0.3, -0.25) is 0 Å². The summed E-state index contributed by atoms with van der Waals surface area (Å²) < 4.78 is 6.58. The van der Waals surface area contributed by atoms with Crippen molar-refractivity contribution >= 4 is 51.2 Å². The van der Waals surface area contributed by atoms with Crippen LogP contribution < -0.4 is 9.84 Å². The smallest absolute Gasteiger partial charge is 0.141 e. The van der Waals surface area contributed by atoms with Crippen LogP contribution in [0, 0.1) is 7.14 Å². The van der Waals surface area contributed by atoms with E-state index in [-0.39, 0.29) is 5.56 Å². The number of hydrogen-bond acceptors (Lipinski definition) is 3. The lowest BCUT2D eigenvalue weighted by atomic mass is 10.2. The standard InChI is InChI=1S/C8H6I2O3/c1-13-7-5(8(11)12)2-4(9)3-6(7)10/h2-3H,1H3,(H,11,12)/p-1. The maximum absolute atomic E-state index is 10.7. The number of aromatic carboxylic acids is 1. The van der Waals surface area contributed by atoms with E-state index in [4.69, 9.17) is 4.74 Å². The van der Waals surface area contributed by atoms with Crippen molar-refractivity contribution in [2.75, 3.05) is 7.11 Å². The van der Waals surface area contributed by atoms with Crippen molar-refractivity contribution in [2.24, 2.45) is 0 Å². The van der Waals surface area contributed by atoms with Gasteiger partial charge in [0.15, 0.2) is 0 Å². The van der Waals surface area contributed by atoms with Crippen LogP contribution in [-0.2, 0) is 0 Å². The maximum atomic E-state index is 10.7. The molecule has 0 aliphatic heterocycles. The number of hydrogen-bond donors (Lipinski definition) is 0. The molecule has 0 spiro atoms. The summed E-state index contributed by atoms with van der Waals surface area (Å²) in [5.41, 5.74) is 0.0961. The van der Waals surface area contributed by atoms with Crippen LogP contribution in [0.15, 0.2) is 12.1 Å². The van der Waals surface area contributed by atoms with E-state index in [0.717, 1.165) is 7.14 Å². The number of carboxylic acid groups (broad SMARTS) is 1. The molecule has 0 aliphatic carbocycles. The number of benzene rings is 1. The zero-order valence-corrected chi connectivity index (χ0v) is 11.0. The lowest BCUT2D eigenvalue weighted by Crippen LogP contribution is -2.23. The highest BCUT2D eigenvalue weighted by molar-refractivity contribution is 14.1. The molecule has 0 N–H and O–H groups in total. The zero-order chi connectivity index (χ0) is 10.0. The van der Waals surface area contributed by atoms with Gasteiger partial charge in [-0.15, -0.1) is 0 Å². The van der Waals surface area contributed by atoms with Gasteiger partial charge >= 0.3 is 0 Å². The van der Waals surface area contributed by atoms with Gasteiger partial charge in [-0.25, -0.2) is 0 Å². The summed E-state index contributed by atoms with van der Waals surface area (Å²) >= 11 is 4.07. The van der Waals surface area contributed by atoms with Crippen molar-refractivity contribution in [3.05, 3.63) is 24.8 Å². The molecule has 1 rings (SSSR count). The van der Waals surface area contributed by atoms with E-state index in [0.29, 0.717) is 5.75 Å². The van der Waals surface area contributed by atoms with Crippen molar-refractivity contribution in [1.82, 2.24) is 0 Å². The molecule has 0 radical (unpaired) electrons. The largest absolute Gasteiger partial charge is 0.545 e. The second-order valence-electron chi connectivity index (χ2n) is 2.26. The second kappa shape index (κ2) is 4.45. The fraction of sp³-hybridized carbons (Fsp3) is 0.125. The molecule has 0 bridgehead atoms. The zero-order valence-electron chi connectivity index (χ0n) is 6.64. The Morgan fingerprint density at radius 2 is 2.08 bits per heavy atom. The molecule has 5 heteroatoms. The Labute approximate surface area is 103 Å². The Bertz CT molecular complexity index is 349. The molecule has 70 valence electrons. The number of rotatable bonds is 2. The summed E-state index contributed by atoms with van der Waals surface area (Å²) in [6.07, 6.45) is 0. The summed E-state index contributed by atoms with van der Waals surface area (Å²) in [6.45, 7) is 0. The first-order valence-electron chi connectivity index (χ1n) is 3.30. The number of carboxylic acids is 1. The van der Waals surface area contributed by atoms with Crippen LogP contribution in [0.3, 0.4) is 0 Å². The third-order valence-corrected chi connectivity index (χ3v) is 2.86. The van der Waals surface area contributed by atoms with E-state index < -0.39 is 5.97 Å². The van der Waals surface area contributed by atoms with Crippen molar-refractivity contribution in [3.63, 3.8) is 0 Å². The van der Waals surface area contributed by atoms with E-state index >= 15 is 0 Å². The van der Waals surface area contributed by atoms with Gasteiger partial charge < -0.3 is 14.6 Å².